The van der Waals surface area contributed by atoms with Gasteiger partial charge in [-0.3, -0.25) is 4.57 Å². The van der Waals surface area contributed by atoms with Crippen molar-refractivity contribution in [2.24, 2.45) is 0 Å². The maximum Gasteiger partial charge on any atom is 0.140 e. The number of pyridine rings is 1. The first-order valence-electron chi connectivity index (χ1n) is 19.5. The predicted octanol–water partition coefficient (Wildman–Crippen LogP) is 13.7. The van der Waals surface area contributed by atoms with Crippen LogP contribution in [0.3, 0.4) is 0 Å². The van der Waals surface area contributed by atoms with Crippen LogP contribution in [0.1, 0.15) is 0 Å². The van der Waals surface area contributed by atoms with Gasteiger partial charge in [0.15, 0.2) is 0 Å². The number of fused-ring (bicyclic) bond motifs is 10. The summed E-state index contributed by atoms with van der Waals surface area (Å²) in [5.41, 5.74) is 13.4. The van der Waals surface area contributed by atoms with Crippen LogP contribution >= 0.6 is 0 Å². The van der Waals surface area contributed by atoms with Gasteiger partial charge in [-0.1, -0.05) is 158 Å². The van der Waals surface area contributed by atoms with Gasteiger partial charge >= 0.3 is 0 Å². The molecule has 266 valence electrons. The molecule has 57 heavy (non-hydrogen) atoms. The monoisotopic (exact) mass is 726 g/mol. The highest BCUT2D eigenvalue weighted by molar-refractivity contribution is 6.23. The van der Waals surface area contributed by atoms with Crippen molar-refractivity contribution < 1.29 is 0 Å². The van der Waals surface area contributed by atoms with E-state index in [-0.39, 0.29) is 0 Å². The largest absolute Gasteiger partial charge is 0.309 e. The van der Waals surface area contributed by atoms with E-state index in [4.69, 9.17) is 4.98 Å². The second kappa shape index (κ2) is 12.4. The highest BCUT2D eigenvalue weighted by Crippen LogP contribution is 2.42. The van der Waals surface area contributed by atoms with Gasteiger partial charge in [-0.2, -0.15) is 0 Å². The van der Waals surface area contributed by atoms with Crippen LogP contribution in [-0.4, -0.2) is 18.7 Å². The molecule has 4 nitrogen and oxygen atoms in total. The van der Waals surface area contributed by atoms with E-state index in [1.54, 1.807) is 0 Å². The Balaban J connectivity index is 1.22. The summed E-state index contributed by atoms with van der Waals surface area (Å²) >= 11 is 0. The molecule has 0 aliphatic heterocycles. The molecule has 8 aromatic carbocycles. The fourth-order valence-corrected chi connectivity index (χ4v) is 9.14. The van der Waals surface area contributed by atoms with E-state index in [1.807, 2.05) is 0 Å². The SMILES string of the molecule is c1ccc(-c2ccc(-c3cc(-n4c5ccccc5c5ccccc54)cc(-n4c5ccccc5c5ccc6c7ccccc7n(-c7ccccc7)c6c54)n3)cc2)cc1. The third-order valence-corrected chi connectivity index (χ3v) is 11.6. The molecule has 4 aromatic heterocycles. The van der Waals surface area contributed by atoms with Gasteiger partial charge in [-0.05, 0) is 53.6 Å². The summed E-state index contributed by atoms with van der Waals surface area (Å²) in [5, 5.41) is 7.27. The highest BCUT2D eigenvalue weighted by atomic mass is 15.1. The smallest absolute Gasteiger partial charge is 0.140 e. The zero-order valence-electron chi connectivity index (χ0n) is 30.9. The van der Waals surface area contributed by atoms with Crippen molar-refractivity contribution in [3.63, 3.8) is 0 Å². The van der Waals surface area contributed by atoms with Gasteiger partial charge in [0.05, 0.1) is 44.5 Å². The number of para-hydroxylation sites is 5. The summed E-state index contributed by atoms with van der Waals surface area (Å²) < 4.78 is 7.25. The molecule has 0 amide bonds. The number of aromatic nitrogens is 4. The Hall–Kier alpha value is -7.69. The summed E-state index contributed by atoms with van der Waals surface area (Å²) in [6.07, 6.45) is 0. The number of nitrogens with zero attached hydrogens (tertiary/aromatic N) is 4. The lowest BCUT2D eigenvalue weighted by atomic mass is 10.0. The summed E-state index contributed by atoms with van der Waals surface area (Å²) in [5.74, 6) is 0.861. The quantitative estimate of drug-likeness (QED) is 0.174. The second-order valence-corrected chi connectivity index (χ2v) is 14.8. The molecule has 0 unspecified atom stereocenters. The van der Waals surface area contributed by atoms with Crippen molar-refractivity contribution in [3.8, 4) is 39.6 Å². The van der Waals surface area contributed by atoms with Gasteiger partial charge in [-0.25, -0.2) is 4.98 Å². The van der Waals surface area contributed by atoms with E-state index < -0.39 is 0 Å². The Bertz CT molecular complexity index is 3440. The standard InChI is InChI=1S/C53H34N4/c1-3-15-35(16-4-1)36-27-29-37(30-28-36)46-33-39(55-47-23-11-7-19-40(47)41-20-8-12-24-48(41)55)34-51(54-46)57-50-26-14-10-22-43(50)45-32-31-44-42-21-9-13-25-49(42)56(52(44)53(45)57)38-17-5-2-6-18-38/h1-34H. The second-order valence-electron chi connectivity index (χ2n) is 14.8. The molecule has 0 aliphatic rings. The van der Waals surface area contributed by atoms with Crippen LogP contribution in [0, 0.1) is 0 Å². The minimum Gasteiger partial charge on any atom is -0.309 e. The minimum atomic E-state index is 0.861. The van der Waals surface area contributed by atoms with Gasteiger partial charge < -0.3 is 9.13 Å². The van der Waals surface area contributed by atoms with Crippen molar-refractivity contribution in [2.75, 3.05) is 0 Å². The maximum absolute atomic E-state index is 5.62. The first-order chi connectivity index (χ1) is 28.3. The number of rotatable bonds is 5. The minimum absolute atomic E-state index is 0.861. The van der Waals surface area contributed by atoms with Crippen molar-refractivity contribution in [3.05, 3.63) is 206 Å². The van der Waals surface area contributed by atoms with Crippen LogP contribution in [0.25, 0.3) is 105 Å². The molecule has 4 heteroatoms. The van der Waals surface area contributed by atoms with Crippen LogP contribution in [0.2, 0.25) is 0 Å². The van der Waals surface area contributed by atoms with Crippen molar-refractivity contribution >= 4 is 65.4 Å². The fraction of sp³-hybridized carbons (Fsp3) is 0. The normalized spacial score (nSPS) is 11.9. The summed E-state index contributed by atoms with van der Waals surface area (Å²) in [6.45, 7) is 0. The van der Waals surface area contributed by atoms with Crippen LogP contribution in [-0.2, 0) is 0 Å². The predicted molar refractivity (Wildman–Crippen MR) is 238 cm³/mol. The number of hydrogen-bond acceptors (Lipinski definition) is 1. The van der Waals surface area contributed by atoms with Gasteiger partial charge in [0, 0.05) is 49.6 Å². The van der Waals surface area contributed by atoms with Gasteiger partial charge in [0.2, 0.25) is 0 Å². The lowest BCUT2D eigenvalue weighted by Gasteiger charge is -2.16. The molecule has 0 radical (unpaired) electrons. The Kier molecular flexibility index (Phi) is 6.89. The maximum atomic E-state index is 5.62. The first kappa shape index (κ1) is 31.6. The van der Waals surface area contributed by atoms with Crippen LogP contribution in [0.15, 0.2) is 206 Å². The fourth-order valence-electron chi connectivity index (χ4n) is 9.14. The van der Waals surface area contributed by atoms with Gasteiger partial charge in [0.1, 0.15) is 5.82 Å². The topological polar surface area (TPSA) is 27.7 Å². The third-order valence-electron chi connectivity index (χ3n) is 11.6. The van der Waals surface area contributed by atoms with E-state index in [9.17, 15) is 0 Å². The van der Waals surface area contributed by atoms with Gasteiger partial charge in [-0.15, -0.1) is 0 Å². The zero-order chi connectivity index (χ0) is 37.5. The molecular formula is C53H34N4. The molecule has 0 fully saturated rings. The first-order valence-corrected chi connectivity index (χ1v) is 19.5. The van der Waals surface area contributed by atoms with E-state index in [2.05, 4.69) is 220 Å². The number of benzene rings is 8. The Morgan fingerprint density at radius 3 is 1.28 bits per heavy atom. The van der Waals surface area contributed by atoms with E-state index in [0.29, 0.717) is 0 Å². The molecule has 0 spiro atoms. The summed E-state index contributed by atoms with van der Waals surface area (Å²) in [7, 11) is 0. The van der Waals surface area contributed by atoms with Crippen LogP contribution in [0.5, 0.6) is 0 Å². The molecule has 12 aromatic rings. The number of hydrogen-bond donors (Lipinski definition) is 0. The van der Waals surface area contributed by atoms with Crippen molar-refractivity contribution in [1.82, 2.24) is 18.7 Å². The van der Waals surface area contributed by atoms with Crippen LogP contribution in [0.4, 0.5) is 0 Å². The summed E-state index contributed by atoms with van der Waals surface area (Å²) in [6, 6.07) is 74.2. The molecule has 0 N–H and O–H groups in total. The van der Waals surface area contributed by atoms with E-state index in [1.165, 1.54) is 49.0 Å². The molecule has 0 saturated carbocycles. The molecule has 0 bridgehead atoms. The van der Waals surface area contributed by atoms with E-state index in [0.717, 1.165) is 56.0 Å². The average molecular weight is 727 g/mol. The lowest BCUT2D eigenvalue weighted by Crippen LogP contribution is -2.04. The lowest BCUT2D eigenvalue weighted by molar-refractivity contribution is 1.06. The van der Waals surface area contributed by atoms with Crippen molar-refractivity contribution in [2.45, 2.75) is 0 Å². The van der Waals surface area contributed by atoms with Crippen molar-refractivity contribution in [1.29, 1.82) is 0 Å². The Morgan fingerprint density at radius 2 is 0.702 bits per heavy atom. The highest BCUT2D eigenvalue weighted by Gasteiger charge is 2.23. The zero-order valence-corrected chi connectivity index (χ0v) is 30.9. The average Bonchev–Trinajstić information content (AvgIpc) is 3.93. The molecule has 12 rings (SSSR count). The summed E-state index contributed by atoms with van der Waals surface area (Å²) in [4.78, 5) is 5.62. The Labute approximate surface area is 328 Å². The molecule has 0 aliphatic carbocycles. The molecule has 4 heterocycles. The molecule has 0 saturated heterocycles. The van der Waals surface area contributed by atoms with Crippen LogP contribution < -0.4 is 0 Å². The molecular weight excluding hydrogens is 693 g/mol. The molecule has 0 atom stereocenters. The van der Waals surface area contributed by atoms with E-state index >= 15 is 0 Å². The van der Waals surface area contributed by atoms with Gasteiger partial charge in [0.25, 0.3) is 0 Å². The Morgan fingerprint density at radius 1 is 0.281 bits per heavy atom. The third kappa shape index (κ3) is 4.77.